The molecule has 3 nitrogen and oxygen atoms in total. The number of halogens is 6. The van der Waals surface area contributed by atoms with Crippen LogP contribution in [0.15, 0.2) is 9.03 Å². The molecule has 0 atom stereocenters. The van der Waals surface area contributed by atoms with E-state index in [9.17, 15) is 0 Å². The van der Waals surface area contributed by atoms with Crippen LogP contribution in [-0.2, 0) is 11.8 Å². The second-order valence-electron chi connectivity index (χ2n) is 3.92. The Bertz CT molecular complexity index is 430. The maximum Gasteiger partial charge on any atom is 0.256 e. The molecular weight excluding hydrogens is 444 g/mol. The van der Waals surface area contributed by atoms with Gasteiger partial charge in [-0.25, -0.2) is 0 Å². The molecular formula is C3H10Cl6N3P3SSi. The van der Waals surface area contributed by atoms with Gasteiger partial charge in [-0.2, -0.15) is 9.03 Å². The van der Waals surface area contributed by atoms with Gasteiger partial charge in [-0.1, -0.05) is 19.6 Å². The van der Waals surface area contributed by atoms with Gasteiger partial charge in [0.05, 0.1) is 0 Å². The highest BCUT2D eigenvalue weighted by Gasteiger charge is 2.27. The van der Waals surface area contributed by atoms with Crippen LogP contribution in [0.5, 0.6) is 0 Å². The van der Waals surface area contributed by atoms with Crippen molar-refractivity contribution in [2.75, 3.05) is 0 Å². The van der Waals surface area contributed by atoms with Crippen LogP contribution in [-0.4, -0.2) is 8.24 Å². The summed E-state index contributed by atoms with van der Waals surface area (Å²) in [5.41, 5.74) is 0. The third kappa shape index (κ3) is 12.5. The minimum absolute atomic E-state index is 1.73. The van der Waals surface area contributed by atoms with Gasteiger partial charge in [-0.3, -0.25) is 4.75 Å². The molecule has 14 heteroatoms. The first-order valence-electron chi connectivity index (χ1n) is 3.97. The minimum Gasteiger partial charge on any atom is -0.281 e. The van der Waals surface area contributed by atoms with Gasteiger partial charge in [-0.05, 0) is 79.3 Å². The largest absolute Gasteiger partial charge is 0.281 e. The molecule has 0 saturated carbocycles. The molecule has 0 aliphatic rings. The predicted octanol–water partition coefficient (Wildman–Crippen LogP) is 7.96. The van der Waals surface area contributed by atoms with E-state index in [1.807, 2.05) is 19.6 Å². The summed E-state index contributed by atoms with van der Waals surface area (Å²) in [6.07, 6.45) is 0. The fraction of sp³-hybridized carbons (Fsp3) is 1.00. The summed E-state index contributed by atoms with van der Waals surface area (Å²) >= 11 is 39.9. The van der Waals surface area contributed by atoms with Crippen LogP contribution in [0.4, 0.5) is 0 Å². The molecule has 0 rings (SSSR count). The first kappa shape index (κ1) is 20.0. The molecule has 0 aromatic carbocycles. The molecule has 0 aliphatic carbocycles. The summed E-state index contributed by atoms with van der Waals surface area (Å²) in [5, 5.41) is 0. The van der Waals surface area contributed by atoms with Crippen molar-refractivity contribution >= 4 is 104 Å². The van der Waals surface area contributed by atoms with Gasteiger partial charge in [0, 0.05) is 0 Å². The van der Waals surface area contributed by atoms with Crippen LogP contribution in [0.1, 0.15) is 0 Å². The zero-order chi connectivity index (χ0) is 14.1. The summed E-state index contributed by atoms with van der Waals surface area (Å²) in [5.74, 6) is -6.00. The summed E-state index contributed by atoms with van der Waals surface area (Å²) in [6.45, 7) is 6.03. The first-order valence-corrected chi connectivity index (χ1v) is 19.1. The van der Waals surface area contributed by atoms with Gasteiger partial charge < -0.3 is 0 Å². The number of nitrogens with one attached hydrogen (secondary N) is 1. The molecule has 0 fully saturated rings. The standard InChI is InChI=1S/C3H10Cl6N3P3SSi/c1-17(2,3)12-14(6,7)10-13(4,5)11-15(8,9)16/h12H,1-3H3. The van der Waals surface area contributed by atoms with E-state index in [1.54, 1.807) is 0 Å². The van der Waals surface area contributed by atoms with E-state index in [0.717, 1.165) is 0 Å². The molecule has 0 amide bonds. The zero-order valence-electron chi connectivity index (χ0n) is 8.91. The van der Waals surface area contributed by atoms with Crippen LogP contribution in [0.25, 0.3) is 0 Å². The zero-order valence-corrected chi connectivity index (χ0v) is 17.9. The Morgan fingerprint density at radius 1 is 0.941 bits per heavy atom. The molecule has 0 aromatic heterocycles. The van der Waals surface area contributed by atoms with Gasteiger partial charge >= 0.3 is 0 Å². The van der Waals surface area contributed by atoms with Gasteiger partial charge in [0.1, 0.15) is 8.24 Å². The highest BCUT2D eigenvalue weighted by molar-refractivity contribution is 8.40. The average molecular weight is 454 g/mol. The van der Waals surface area contributed by atoms with E-state index >= 15 is 0 Å². The second-order valence-corrected chi connectivity index (χ2v) is 26.5. The number of hydrogen-bond acceptors (Lipinski definition) is 1. The van der Waals surface area contributed by atoms with Crippen molar-refractivity contribution in [2.24, 2.45) is 9.03 Å². The maximum absolute atomic E-state index is 6.06. The smallest absolute Gasteiger partial charge is 0.256 e. The Morgan fingerprint density at radius 3 is 1.65 bits per heavy atom. The molecule has 0 radical (unpaired) electrons. The van der Waals surface area contributed by atoms with Crippen LogP contribution in [0.2, 0.25) is 19.6 Å². The lowest BCUT2D eigenvalue weighted by molar-refractivity contribution is 1.43. The van der Waals surface area contributed by atoms with E-state index in [4.69, 9.17) is 79.3 Å². The summed E-state index contributed by atoms with van der Waals surface area (Å²) in [7, 11) is -1.73. The molecule has 1 N–H and O–H groups in total. The van der Waals surface area contributed by atoms with E-state index in [2.05, 4.69) is 13.8 Å². The SMILES string of the molecule is C[Si](C)(C)NP(Cl)(Cl)=NP(Cl)(Cl)=NP(=S)(Cl)Cl. The molecule has 0 aliphatic heterocycles. The van der Waals surface area contributed by atoms with Crippen molar-refractivity contribution in [2.45, 2.75) is 19.6 Å². The van der Waals surface area contributed by atoms with Crippen molar-refractivity contribution < 1.29 is 0 Å². The molecule has 0 bridgehead atoms. The number of hydrogen-bond donors (Lipinski definition) is 1. The fourth-order valence-electron chi connectivity index (χ4n) is 0.704. The fourth-order valence-corrected chi connectivity index (χ4v) is 23.0. The molecule has 104 valence electrons. The Morgan fingerprint density at radius 2 is 1.35 bits per heavy atom. The van der Waals surface area contributed by atoms with Crippen molar-refractivity contribution in [1.29, 1.82) is 0 Å². The third-order valence-electron chi connectivity index (χ3n) is 0.902. The van der Waals surface area contributed by atoms with Gasteiger partial charge in [0.2, 0.25) is 10.8 Å². The Kier molecular flexibility index (Phi) is 8.08. The van der Waals surface area contributed by atoms with Crippen molar-refractivity contribution in [3.63, 3.8) is 0 Å². The second kappa shape index (κ2) is 6.86. The molecule has 0 aromatic rings. The first-order chi connectivity index (χ1) is 7.12. The normalized spacial score (nSPS) is 14.6. The Labute approximate surface area is 136 Å². The monoisotopic (exact) mass is 451 g/mol. The van der Waals surface area contributed by atoms with Crippen molar-refractivity contribution in [3.05, 3.63) is 0 Å². The number of nitrogens with zero attached hydrogens (tertiary/aromatic N) is 2. The molecule has 0 saturated heterocycles. The Hall–Kier alpha value is 3.03. The van der Waals surface area contributed by atoms with E-state index in [0.29, 0.717) is 0 Å². The number of rotatable bonds is 4. The van der Waals surface area contributed by atoms with E-state index in [-0.39, 0.29) is 0 Å². The lowest BCUT2D eigenvalue weighted by Gasteiger charge is -2.23. The Balaban J connectivity index is 5.41. The topological polar surface area (TPSA) is 36.8 Å². The summed E-state index contributed by atoms with van der Waals surface area (Å²) in [6, 6.07) is 0. The van der Waals surface area contributed by atoms with Gasteiger partial charge in [0.25, 0.3) is 5.91 Å². The quantitative estimate of drug-likeness (QED) is 0.346. The molecule has 0 heterocycles. The summed E-state index contributed by atoms with van der Waals surface area (Å²) in [4.78, 5) is -2.95. The van der Waals surface area contributed by atoms with Crippen LogP contribution < -0.4 is 4.75 Å². The molecule has 17 heavy (non-hydrogen) atoms. The minimum atomic E-state index is -3.15. The summed E-state index contributed by atoms with van der Waals surface area (Å²) < 4.78 is 10.7. The molecule has 0 unspecified atom stereocenters. The lowest BCUT2D eigenvalue weighted by atomic mass is 11.8. The van der Waals surface area contributed by atoms with Crippen LogP contribution >= 0.6 is 84.2 Å². The lowest BCUT2D eigenvalue weighted by Crippen LogP contribution is -2.36. The maximum atomic E-state index is 6.06. The van der Waals surface area contributed by atoms with E-state index in [1.165, 1.54) is 0 Å². The van der Waals surface area contributed by atoms with Crippen molar-refractivity contribution in [3.8, 4) is 0 Å². The highest BCUT2D eigenvalue weighted by Crippen LogP contribution is 2.78. The third-order valence-corrected chi connectivity index (χ3v) is 15.2. The van der Waals surface area contributed by atoms with Crippen LogP contribution in [0, 0.1) is 0 Å². The van der Waals surface area contributed by atoms with Gasteiger partial charge in [0.15, 0.2) is 0 Å². The highest BCUT2D eigenvalue weighted by atomic mass is 35.9. The predicted molar refractivity (Wildman–Crippen MR) is 94.6 cm³/mol. The van der Waals surface area contributed by atoms with Crippen LogP contribution in [0.3, 0.4) is 0 Å². The van der Waals surface area contributed by atoms with Crippen molar-refractivity contribution in [1.82, 2.24) is 4.75 Å². The van der Waals surface area contributed by atoms with Gasteiger partial charge in [-0.15, -0.1) is 0 Å². The van der Waals surface area contributed by atoms with E-state index < -0.39 is 25.0 Å². The average Bonchev–Trinajstić information content (AvgIpc) is 1.65. The molecule has 0 spiro atoms.